The van der Waals surface area contributed by atoms with Gasteiger partial charge in [0.15, 0.2) is 5.11 Å². The topological polar surface area (TPSA) is 15.3 Å². The standard InChI is InChI=1S/C9H17F3N2S/c1-3-4-6-13-8(15)14(2)7-5-9(10,11)12/h3-7H2,1-2H3,(H,13,15). The van der Waals surface area contributed by atoms with E-state index < -0.39 is 12.6 Å². The van der Waals surface area contributed by atoms with Gasteiger partial charge in [0.05, 0.1) is 6.42 Å². The van der Waals surface area contributed by atoms with Crippen molar-refractivity contribution in [2.45, 2.75) is 32.4 Å². The van der Waals surface area contributed by atoms with Gasteiger partial charge in [-0.2, -0.15) is 13.2 Å². The average Bonchev–Trinajstić information content (AvgIpc) is 2.13. The number of nitrogens with zero attached hydrogens (tertiary/aromatic N) is 1. The molecule has 0 heterocycles. The molecule has 0 saturated carbocycles. The second kappa shape index (κ2) is 6.87. The molecule has 0 aromatic rings. The highest BCUT2D eigenvalue weighted by atomic mass is 32.1. The number of rotatable bonds is 5. The smallest absolute Gasteiger partial charge is 0.363 e. The first-order chi connectivity index (χ1) is 6.87. The number of hydrogen-bond donors (Lipinski definition) is 1. The van der Waals surface area contributed by atoms with E-state index in [0.717, 1.165) is 12.8 Å². The van der Waals surface area contributed by atoms with Crippen molar-refractivity contribution in [3.8, 4) is 0 Å². The molecule has 90 valence electrons. The van der Waals surface area contributed by atoms with Gasteiger partial charge in [-0.25, -0.2) is 0 Å². The van der Waals surface area contributed by atoms with Crippen LogP contribution < -0.4 is 5.32 Å². The van der Waals surface area contributed by atoms with Gasteiger partial charge in [-0.1, -0.05) is 13.3 Å². The zero-order valence-electron chi connectivity index (χ0n) is 9.02. The van der Waals surface area contributed by atoms with Crippen molar-refractivity contribution >= 4 is 17.3 Å². The Labute approximate surface area is 93.8 Å². The third kappa shape index (κ3) is 8.47. The fourth-order valence-corrected chi connectivity index (χ4v) is 1.10. The Bertz CT molecular complexity index is 194. The molecule has 0 spiro atoms. The molecule has 0 bridgehead atoms. The minimum absolute atomic E-state index is 0.0958. The van der Waals surface area contributed by atoms with E-state index in [-0.39, 0.29) is 6.54 Å². The maximum absolute atomic E-state index is 11.9. The SMILES string of the molecule is CCCCNC(=S)N(C)CCC(F)(F)F. The highest BCUT2D eigenvalue weighted by Gasteiger charge is 2.27. The van der Waals surface area contributed by atoms with Crippen LogP contribution in [-0.4, -0.2) is 36.3 Å². The third-order valence-corrected chi connectivity index (χ3v) is 2.34. The molecule has 6 heteroatoms. The van der Waals surface area contributed by atoms with Crippen molar-refractivity contribution in [2.75, 3.05) is 20.1 Å². The number of hydrogen-bond acceptors (Lipinski definition) is 1. The van der Waals surface area contributed by atoms with E-state index in [4.69, 9.17) is 12.2 Å². The molecule has 0 aliphatic rings. The molecule has 0 aliphatic heterocycles. The van der Waals surface area contributed by atoms with E-state index >= 15 is 0 Å². The zero-order chi connectivity index (χ0) is 11.9. The fraction of sp³-hybridized carbons (Fsp3) is 0.889. The van der Waals surface area contributed by atoms with Crippen LogP contribution in [0.3, 0.4) is 0 Å². The Morgan fingerprint density at radius 3 is 2.47 bits per heavy atom. The quantitative estimate of drug-likeness (QED) is 0.589. The summed E-state index contributed by atoms with van der Waals surface area (Å²) in [5.41, 5.74) is 0. The first kappa shape index (κ1) is 14.5. The van der Waals surface area contributed by atoms with Gasteiger partial charge in [0.2, 0.25) is 0 Å². The highest BCUT2D eigenvalue weighted by Crippen LogP contribution is 2.19. The van der Waals surface area contributed by atoms with Gasteiger partial charge >= 0.3 is 6.18 Å². The first-order valence-electron chi connectivity index (χ1n) is 4.92. The number of thiocarbonyl (C=S) groups is 1. The Kier molecular flexibility index (Phi) is 6.63. The summed E-state index contributed by atoms with van der Waals surface area (Å²) in [5, 5.41) is 3.29. The molecule has 0 aromatic heterocycles. The Morgan fingerprint density at radius 2 is 2.00 bits per heavy atom. The maximum atomic E-state index is 11.9. The lowest BCUT2D eigenvalue weighted by atomic mass is 10.3. The molecule has 0 rings (SSSR count). The Morgan fingerprint density at radius 1 is 1.40 bits per heavy atom. The third-order valence-electron chi connectivity index (χ3n) is 1.88. The summed E-state index contributed by atoms with van der Waals surface area (Å²) in [7, 11) is 1.56. The van der Waals surface area contributed by atoms with Crippen molar-refractivity contribution in [3.05, 3.63) is 0 Å². The molecule has 0 radical (unpaired) electrons. The second-order valence-electron chi connectivity index (χ2n) is 3.37. The van der Waals surface area contributed by atoms with Crippen molar-refractivity contribution in [1.29, 1.82) is 0 Å². The Balaban J connectivity index is 3.70. The summed E-state index contributed by atoms with van der Waals surface area (Å²) >= 11 is 4.93. The molecule has 0 amide bonds. The number of halogens is 3. The van der Waals surface area contributed by atoms with Crippen LogP contribution in [-0.2, 0) is 0 Å². The summed E-state index contributed by atoms with van der Waals surface area (Å²) in [6, 6.07) is 0. The number of alkyl halides is 3. The molecule has 0 fully saturated rings. The van der Waals surface area contributed by atoms with Crippen LogP contribution in [0.4, 0.5) is 13.2 Å². The van der Waals surface area contributed by atoms with E-state index in [1.165, 1.54) is 4.90 Å². The number of nitrogens with one attached hydrogen (secondary N) is 1. The minimum Gasteiger partial charge on any atom is -0.363 e. The van der Waals surface area contributed by atoms with Crippen molar-refractivity contribution in [3.63, 3.8) is 0 Å². The molecule has 1 N–H and O–H groups in total. The van der Waals surface area contributed by atoms with Gasteiger partial charge in [0, 0.05) is 20.1 Å². The molecule has 0 unspecified atom stereocenters. The van der Waals surface area contributed by atoms with Crippen LogP contribution in [0.1, 0.15) is 26.2 Å². The highest BCUT2D eigenvalue weighted by molar-refractivity contribution is 7.80. The van der Waals surface area contributed by atoms with Crippen LogP contribution in [0, 0.1) is 0 Å². The summed E-state index contributed by atoms with van der Waals surface area (Å²) in [4.78, 5) is 1.42. The lowest BCUT2D eigenvalue weighted by molar-refractivity contribution is -0.135. The molecular weight excluding hydrogens is 225 g/mol. The lowest BCUT2D eigenvalue weighted by Crippen LogP contribution is -2.39. The van der Waals surface area contributed by atoms with Gasteiger partial charge < -0.3 is 10.2 Å². The average molecular weight is 242 g/mol. The van der Waals surface area contributed by atoms with E-state index in [0.29, 0.717) is 11.7 Å². The molecule has 0 aliphatic carbocycles. The predicted molar refractivity (Wildman–Crippen MR) is 58.8 cm³/mol. The summed E-state index contributed by atoms with van der Waals surface area (Å²) in [5.74, 6) is 0. The molecule has 0 atom stereocenters. The maximum Gasteiger partial charge on any atom is 0.390 e. The van der Waals surface area contributed by atoms with Gasteiger partial charge in [-0.3, -0.25) is 0 Å². The van der Waals surface area contributed by atoms with Crippen LogP contribution in [0.25, 0.3) is 0 Å². The van der Waals surface area contributed by atoms with Gasteiger partial charge in [-0.05, 0) is 18.6 Å². The Hall–Kier alpha value is -0.520. The monoisotopic (exact) mass is 242 g/mol. The van der Waals surface area contributed by atoms with Gasteiger partial charge in [-0.15, -0.1) is 0 Å². The molecule has 0 aromatic carbocycles. The summed E-state index contributed by atoms with van der Waals surface area (Å²) < 4.78 is 35.7. The van der Waals surface area contributed by atoms with Crippen LogP contribution in [0.5, 0.6) is 0 Å². The van der Waals surface area contributed by atoms with E-state index in [2.05, 4.69) is 5.32 Å². The van der Waals surface area contributed by atoms with Crippen molar-refractivity contribution < 1.29 is 13.2 Å². The fourth-order valence-electron chi connectivity index (χ4n) is 0.903. The van der Waals surface area contributed by atoms with Crippen molar-refractivity contribution in [1.82, 2.24) is 10.2 Å². The molecular formula is C9H17F3N2S. The molecule has 2 nitrogen and oxygen atoms in total. The number of unbranched alkanes of at least 4 members (excludes halogenated alkanes) is 1. The first-order valence-corrected chi connectivity index (χ1v) is 5.33. The van der Waals surface area contributed by atoms with Crippen LogP contribution in [0.2, 0.25) is 0 Å². The molecule has 15 heavy (non-hydrogen) atoms. The normalized spacial score (nSPS) is 11.3. The second-order valence-corrected chi connectivity index (χ2v) is 3.76. The summed E-state index contributed by atoms with van der Waals surface area (Å²) in [6.07, 6.45) is -2.96. The minimum atomic E-state index is -4.12. The summed E-state index contributed by atoms with van der Waals surface area (Å²) in [6.45, 7) is 2.66. The van der Waals surface area contributed by atoms with Gasteiger partial charge in [0.25, 0.3) is 0 Å². The van der Waals surface area contributed by atoms with E-state index in [1.807, 2.05) is 6.92 Å². The molecule has 0 saturated heterocycles. The van der Waals surface area contributed by atoms with E-state index in [9.17, 15) is 13.2 Å². The van der Waals surface area contributed by atoms with Crippen LogP contribution in [0.15, 0.2) is 0 Å². The largest absolute Gasteiger partial charge is 0.390 e. The van der Waals surface area contributed by atoms with E-state index in [1.54, 1.807) is 7.05 Å². The van der Waals surface area contributed by atoms with Gasteiger partial charge in [0.1, 0.15) is 0 Å². The zero-order valence-corrected chi connectivity index (χ0v) is 9.84. The van der Waals surface area contributed by atoms with Crippen LogP contribution >= 0.6 is 12.2 Å². The van der Waals surface area contributed by atoms with Crippen molar-refractivity contribution in [2.24, 2.45) is 0 Å². The lowest BCUT2D eigenvalue weighted by Gasteiger charge is -2.21. The predicted octanol–water partition coefficient (Wildman–Crippen LogP) is 2.55.